The summed E-state index contributed by atoms with van der Waals surface area (Å²) in [5.41, 5.74) is 3.18. The summed E-state index contributed by atoms with van der Waals surface area (Å²) in [5.74, 6) is 0.0382. The summed E-state index contributed by atoms with van der Waals surface area (Å²) in [6, 6.07) is 12.7. The highest BCUT2D eigenvalue weighted by atomic mass is 16.3. The van der Waals surface area contributed by atoms with E-state index in [2.05, 4.69) is 5.32 Å². The second kappa shape index (κ2) is 4.98. The van der Waals surface area contributed by atoms with Crippen LogP contribution in [0.3, 0.4) is 0 Å². The van der Waals surface area contributed by atoms with Crippen LogP contribution in [0.15, 0.2) is 48.7 Å². The first-order valence-corrected chi connectivity index (χ1v) is 6.71. The van der Waals surface area contributed by atoms with E-state index in [9.17, 15) is 9.90 Å². The lowest BCUT2D eigenvalue weighted by atomic mass is 10.1. The van der Waals surface area contributed by atoms with E-state index < -0.39 is 0 Å². The summed E-state index contributed by atoms with van der Waals surface area (Å²) in [6.07, 6.45) is 1.83. The van der Waals surface area contributed by atoms with E-state index in [1.165, 1.54) is 0 Å². The van der Waals surface area contributed by atoms with Crippen molar-refractivity contribution in [2.45, 2.75) is 6.92 Å². The molecule has 0 saturated heterocycles. The maximum Gasteiger partial charge on any atom is 0.257 e. The highest BCUT2D eigenvalue weighted by Crippen LogP contribution is 2.24. The predicted octanol–water partition coefficient (Wildman–Crippen LogP) is 3.44. The van der Waals surface area contributed by atoms with E-state index >= 15 is 0 Å². The zero-order chi connectivity index (χ0) is 15.0. The Hall–Kier alpha value is -2.75. The summed E-state index contributed by atoms with van der Waals surface area (Å²) in [5, 5.41) is 13.2. The van der Waals surface area contributed by atoms with Gasteiger partial charge in [0.25, 0.3) is 5.91 Å². The Bertz CT molecular complexity index is 834. The fraction of sp³-hybridized carbons (Fsp3) is 0.118. The highest BCUT2D eigenvalue weighted by molar-refractivity contribution is 6.13. The molecule has 0 fully saturated rings. The first kappa shape index (κ1) is 13.2. The van der Waals surface area contributed by atoms with E-state index in [0.717, 1.165) is 16.5 Å². The smallest absolute Gasteiger partial charge is 0.257 e. The van der Waals surface area contributed by atoms with Gasteiger partial charge in [-0.05, 0) is 36.8 Å². The zero-order valence-corrected chi connectivity index (χ0v) is 11.9. The number of aryl methyl sites for hydroxylation is 2. The van der Waals surface area contributed by atoms with Crippen LogP contribution in [0.5, 0.6) is 5.75 Å². The number of aromatic hydroxyl groups is 1. The van der Waals surface area contributed by atoms with Gasteiger partial charge in [0.2, 0.25) is 0 Å². The number of nitrogens with one attached hydrogen (secondary N) is 1. The molecule has 1 aromatic heterocycles. The van der Waals surface area contributed by atoms with Gasteiger partial charge in [-0.3, -0.25) is 4.79 Å². The molecule has 0 spiro atoms. The summed E-state index contributed by atoms with van der Waals surface area (Å²) in [4.78, 5) is 12.5. The second-order valence-corrected chi connectivity index (χ2v) is 5.12. The Labute approximate surface area is 122 Å². The molecule has 2 aromatic carbocycles. The molecular formula is C17H16N2O2. The van der Waals surface area contributed by atoms with Crippen LogP contribution in [-0.4, -0.2) is 15.6 Å². The van der Waals surface area contributed by atoms with Crippen molar-refractivity contribution >= 4 is 22.5 Å². The fourth-order valence-corrected chi connectivity index (χ4v) is 2.50. The third-order valence-electron chi connectivity index (χ3n) is 3.60. The number of hydrogen-bond acceptors (Lipinski definition) is 2. The van der Waals surface area contributed by atoms with E-state index in [1.807, 2.05) is 49.0 Å². The Balaban J connectivity index is 1.98. The van der Waals surface area contributed by atoms with Gasteiger partial charge in [0.1, 0.15) is 5.75 Å². The largest absolute Gasteiger partial charge is 0.508 e. The van der Waals surface area contributed by atoms with Crippen LogP contribution in [0.2, 0.25) is 0 Å². The van der Waals surface area contributed by atoms with Crippen LogP contribution in [0.4, 0.5) is 5.69 Å². The standard InChI is InChI=1S/C17H16N2O2/c1-11-9-12(20)7-8-15(11)18-17(21)14-10-19(2)16-6-4-3-5-13(14)16/h3-10,20H,1-2H3,(H,18,21). The third kappa shape index (κ3) is 2.36. The Kier molecular flexibility index (Phi) is 3.14. The van der Waals surface area contributed by atoms with Crippen molar-refractivity contribution in [1.82, 2.24) is 4.57 Å². The molecular weight excluding hydrogens is 264 g/mol. The van der Waals surface area contributed by atoms with Crippen molar-refractivity contribution in [3.63, 3.8) is 0 Å². The summed E-state index contributed by atoms with van der Waals surface area (Å²) >= 11 is 0. The number of carbonyl (C=O) groups is 1. The monoisotopic (exact) mass is 280 g/mol. The van der Waals surface area contributed by atoms with E-state index in [-0.39, 0.29) is 11.7 Å². The van der Waals surface area contributed by atoms with Crippen LogP contribution < -0.4 is 5.32 Å². The van der Waals surface area contributed by atoms with Crippen molar-refractivity contribution in [3.8, 4) is 5.75 Å². The molecule has 0 radical (unpaired) electrons. The minimum absolute atomic E-state index is 0.152. The molecule has 0 atom stereocenters. The SMILES string of the molecule is Cc1cc(O)ccc1NC(=O)c1cn(C)c2ccccc12. The quantitative estimate of drug-likeness (QED) is 0.706. The van der Waals surface area contributed by atoms with Gasteiger partial charge in [-0.1, -0.05) is 18.2 Å². The number of nitrogens with zero attached hydrogens (tertiary/aromatic N) is 1. The summed E-state index contributed by atoms with van der Waals surface area (Å²) in [7, 11) is 1.92. The normalized spacial score (nSPS) is 10.8. The number of benzene rings is 2. The Morgan fingerprint density at radius 2 is 1.95 bits per heavy atom. The molecule has 0 aliphatic rings. The van der Waals surface area contributed by atoms with Crippen LogP contribution in [0.25, 0.3) is 10.9 Å². The topological polar surface area (TPSA) is 54.3 Å². The molecule has 1 heterocycles. The molecule has 2 N–H and O–H groups in total. The number of fused-ring (bicyclic) bond motifs is 1. The molecule has 3 rings (SSSR count). The second-order valence-electron chi connectivity index (χ2n) is 5.12. The maximum absolute atomic E-state index is 12.5. The lowest BCUT2D eigenvalue weighted by Gasteiger charge is -2.08. The molecule has 0 unspecified atom stereocenters. The van der Waals surface area contributed by atoms with Gasteiger partial charge in [-0.2, -0.15) is 0 Å². The average molecular weight is 280 g/mol. The molecule has 106 valence electrons. The lowest BCUT2D eigenvalue weighted by molar-refractivity contribution is 0.102. The molecule has 1 amide bonds. The molecule has 0 saturated carbocycles. The first-order valence-electron chi connectivity index (χ1n) is 6.71. The molecule has 0 bridgehead atoms. The van der Waals surface area contributed by atoms with Crippen molar-refractivity contribution in [1.29, 1.82) is 0 Å². The van der Waals surface area contributed by atoms with E-state index in [4.69, 9.17) is 0 Å². The molecule has 21 heavy (non-hydrogen) atoms. The number of hydrogen-bond donors (Lipinski definition) is 2. The zero-order valence-electron chi connectivity index (χ0n) is 11.9. The highest BCUT2D eigenvalue weighted by Gasteiger charge is 2.14. The van der Waals surface area contributed by atoms with Gasteiger partial charge in [-0.15, -0.1) is 0 Å². The first-order chi connectivity index (χ1) is 10.1. The van der Waals surface area contributed by atoms with Gasteiger partial charge in [-0.25, -0.2) is 0 Å². The molecule has 0 aliphatic carbocycles. The van der Waals surface area contributed by atoms with Crippen LogP contribution >= 0.6 is 0 Å². The van der Waals surface area contributed by atoms with Crippen molar-refractivity contribution < 1.29 is 9.90 Å². The number of amides is 1. The predicted molar refractivity (Wildman–Crippen MR) is 83.7 cm³/mol. The molecule has 0 aliphatic heterocycles. The minimum Gasteiger partial charge on any atom is -0.508 e. The van der Waals surface area contributed by atoms with E-state index in [0.29, 0.717) is 11.3 Å². The number of phenols is 1. The fourth-order valence-electron chi connectivity index (χ4n) is 2.50. The number of aromatic nitrogens is 1. The van der Waals surface area contributed by atoms with Gasteiger partial charge >= 0.3 is 0 Å². The third-order valence-corrected chi connectivity index (χ3v) is 3.60. The van der Waals surface area contributed by atoms with Crippen LogP contribution in [-0.2, 0) is 7.05 Å². The van der Waals surface area contributed by atoms with Crippen molar-refractivity contribution in [2.75, 3.05) is 5.32 Å². The molecule has 4 heteroatoms. The minimum atomic E-state index is -0.152. The van der Waals surface area contributed by atoms with E-state index in [1.54, 1.807) is 18.2 Å². The number of phenolic OH excluding ortho intramolecular Hbond substituents is 1. The number of para-hydroxylation sites is 1. The number of rotatable bonds is 2. The Morgan fingerprint density at radius 1 is 1.19 bits per heavy atom. The molecule has 4 nitrogen and oxygen atoms in total. The number of carbonyl (C=O) groups excluding carboxylic acids is 1. The van der Waals surface area contributed by atoms with Gasteiger partial charge in [0.15, 0.2) is 0 Å². The maximum atomic E-state index is 12.5. The Morgan fingerprint density at radius 3 is 2.71 bits per heavy atom. The number of anilines is 1. The van der Waals surface area contributed by atoms with Gasteiger partial charge in [0.05, 0.1) is 5.56 Å². The average Bonchev–Trinajstić information content (AvgIpc) is 2.80. The lowest BCUT2D eigenvalue weighted by Crippen LogP contribution is -2.12. The van der Waals surface area contributed by atoms with Crippen LogP contribution in [0.1, 0.15) is 15.9 Å². The summed E-state index contributed by atoms with van der Waals surface area (Å²) in [6.45, 7) is 1.85. The molecule has 3 aromatic rings. The van der Waals surface area contributed by atoms with Crippen LogP contribution in [0, 0.1) is 6.92 Å². The van der Waals surface area contributed by atoms with Crippen molar-refractivity contribution in [2.24, 2.45) is 7.05 Å². The van der Waals surface area contributed by atoms with Crippen molar-refractivity contribution in [3.05, 3.63) is 59.8 Å². The van der Waals surface area contributed by atoms with Gasteiger partial charge in [0, 0.05) is 29.8 Å². The van der Waals surface area contributed by atoms with Gasteiger partial charge < -0.3 is 15.0 Å². The summed E-state index contributed by atoms with van der Waals surface area (Å²) < 4.78 is 1.94.